The molecule has 1 aliphatic rings. The molecule has 0 aliphatic carbocycles. The number of imidazole rings is 1. The summed E-state index contributed by atoms with van der Waals surface area (Å²) in [6.45, 7) is 1.04. The summed E-state index contributed by atoms with van der Waals surface area (Å²) in [6.07, 6.45) is 2.51. The van der Waals surface area contributed by atoms with Gasteiger partial charge in [-0.25, -0.2) is 9.59 Å². The van der Waals surface area contributed by atoms with E-state index in [2.05, 4.69) is 10.2 Å². The minimum Gasteiger partial charge on any atom is -0.477 e. The number of nitrogens with one attached hydrogen (secondary N) is 1. The summed E-state index contributed by atoms with van der Waals surface area (Å²) in [5.41, 5.74) is 2.96. The molecule has 2 aromatic heterocycles. The van der Waals surface area contributed by atoms with Crippen LogP contribution in [-0.2, 0) is 25.3 Å². The van der Waals surface area contributed by atoms with Crippen LogP contribution in [0.3, 0.4) is 0 Å². The molecule has 2 N–H and O–H groups in total. The number of carbonyl (C=O) groups is 2. The molecule has 1 fully saturated rings. The molecule has 9 heteroatoms. The molecule has 34 heavy (non-hydrogen) atoms. The molecule has 0 bridgehead atoms. The highest BCUT2D eigenvalue weighted by molar-refractivity contribution is 7.21. The average molecular weight is 479 g/mol. The van der Waals surface area contributed by atoms with E-state index in [-0.39, 0.29) is 24.2 Å². The first-order chi connectivity index (χ1) is 16.3. The van der Waals surface area contributed by atoms with Gasteiger partial charge in [0, 0.05) is 30.5 Å². The number of hydrogen-bond acceptors (Lipinski definition) is 5. The Morgan fingerprint density at radius 3 is 2.68 bits per heavy atom. The van der Waals surface area contributed by atoms with Crippen LogP contribution in [0.1, 0.15) is 28.1 Å². The van der Waals surface area contributed by atoms with Crippen LogP contribution in [0.2, 0.25) is 0 Å². The van der Waals surface area contributed by atoms with E-state index in [1.165, 1.54) is 11.3 Å². The first-order valence-electron chi connectivity index (χ1n) is 11.3. The molecule has 4 aromatic rings. The molecule has 0 radical (unpaired) electrons. The zero-order chi connectivity index (χ0) is 24.0. The third-order valence-corrected chi connectivity index (χ3v) is 7.93. The minimum absolute atomic E-state index is 0.110. The lowest BCUT2D eigenvalue weighted by Gasteiger charge is -2.24. The second kappa shape index (κ2) is 8.73. The first-order valence-corrected chi connectivity index (χ1v) is 12.1. The van der Waals surface area contributed by atoms with Gasteiger partial charge in [0.2, 0.25) is 5.91 Å². The fraction of sp³-hybridized carbons (Fsp3) is 0.320. The highest BCUT2D eigenvalue weighted by Gasteiger charge is 2.29. The number of aromatic carboxylic acids is 1. The Hall–Kier alpha value is -3.43. The predicted octanol–water partition coefficient (Wildman–Crippen LogP) is 3.44. The smallest absolute Gasteiger partial charge is 0.346 e. The quantitative estimate of drug-likeness (QED) is 0.443. The van der Waals surface area contributed by atoms with E-state index >= 15 is 0 Å². The number of fused-ring (bicyclic) bond motifs is 2. The standard InChI is InChI=1S/C25H26N4O4S/c1-27-19-10-9-15(12-20(19)28(2)25(27)33)26-22(30)14-29-11-5-6-16(29)13-18-17-7-3-4-8-21(17)34-23(18)24(31)32/h3-4,7-10,12,16H,5-6,11,13-14H2,1-2H3,(H,26,30)(H,31,32)/t16-/m1/s1. The van der Waals surface area contributed by atoms with Crippen molar-refractivity contribution in [3.8, 4) is 0 Å². The number of thiophene rings is 1. The molecule has 0 spiro atoms. The van der Waals surface area contributed by atoms with Crippen LogP contribution in [0.5, 0.6) is 0 Å². The van der Waals surface area contributed by atoms with Crippen LogP contribution in [0, 0.1) is 0 Å². The predicted molar refractivity (Wildman–Crippen MR) is 134 cm³/mol. The van der Waals surface area contributed by atoms with Gasteiger partial charge in [0.05, 0.1) is 17.6 Å². The zero-order valence-corrected chi connectivity index (χ0v) is 19.9. The van der Waals surface area contributed by atoms with Gasteiger partial charge in [0.25, 0.3) is 0 Å². The number of hydrogen-bond donors (Lipinski definition) is 2. The second-order valence-electron chi connectivity index (χ2n) is 8.83. The van der Waals surface area contributed by atoms with Crippen molar-refractivity contribution in [2.45, 2.75) is 25.3 Å². The Labute approximate surface area is 200 Å². The minimum atomic E-state index is -0.899. The molecule has 0 saturated carbocycles. The van der Waals surface area contributed by atoms with Crippen LogP contribution >= 0.6 is 11.3 Å². The Bertz CT molecular complexity index is 1480. The van der Waals surface area contributed by atoms with Gasteiger partial charge >= 0.3 is 11.7 Å². The van der Waals surface area contributed by atoms with Crippen molar-refractivity contribution in [3.63, 3.8) is 0 Å². The highest BCUT2D eigenvalue weighted by atomic mass is 32.1. The van der Waals surface area contributed by atoms with E-state index < -0.39 is 5.97 Å². The van der Waals surface area contributed by atoms with Gasteiger partial charge in [-0.2, -0.15) is 0 Å². The summed E-state index contributed by atoms with van der Waals surface area (Å²) in [6, 6.07) is 13.3. The van der Waals surface area contributed by atoms with Crippen LogP contribution < -0.4 is 11.0 Å². The third-order valence-electron chi connectivity index (χ3n) is 6.73. The average Bonchev–Trinajstić information content (AvgIpc) is 3.47. The van der Waals surface area contributed by atoms with Gasteiger partial charge in [-0.3, -0.25) is 18.8 Å². The number of rotatable bonds is 6. The molecule has 1 saturated heterocycles. The van der Waals surface area contributed by atoms with Crippen LogP contribution in [0.15, 0.2) is 47.3 Å². The van der Waals surface area contributed by atoms with Gasteiger partial charge in [0.1, 0.15) is 4.88 Å². The number of aromatic nitrogens is 2. The lowest BCUT2D eigenvalue weighted by Crippen LogP contribution is -2.38. The van der Waals surface area contributed by atoms with Gasteiger partial charge in [0.15, 0.2) is 0 Å². The maximum absolute atomic E-state index is 12.9. The summed E-state index contributed by atoms with van der Waals surface area (Å²) >= 11 is 1.31. The number of carbonyl (C=O) groups excluding carboxylic acids is 1. The van der Waals surface area contributed by atoms with E-state index in [0.717, 1.165) is 46.1 Å². The summed E-state index contributed by atoms with van der Waals surface area (Å²) in [7, 11) is 3.44. The second-order valence-corrected chi connectivity index (χ2v) is 9.89. The van der Waals surface area contributed by atoms with Crippen molar-refractivity contribution in [3.05, 3.63) is 63.4 Å². The van der Waals surface area contributed by atoms with E-state index in [1.807, 2.05) is 36.4 Å². The van der Waals surface area contributed by atoms with Gasteiger partial charge in [-0.05, 0) is 61.0 Å². The number of aryl methyl sites for hydroxylation is 2. The molecule has 8 nitrogen and oxygen atoms in total. The van der Waals surface area contributed by atoms with Crippen molar-refractivity contribution < 1.29 is 14.7 Å². The molecule has 1 aliphatic heterocycles. The number of benzene rings is 2. The van der Waals surface area contributed by atoms with Gasteiger partial charge < -0.3 is 10.4 Å². The zero-order valence-electron chi connectivity index (χ0n) is 19.1. The summed E-state index contributed by atoms with van der Waals surface area (Å²) in [5, 5.41) is 13.7. The topological polar surface area (TPSA) is 96.6 Å². The van der Waals surface area contributed by atoms with Crippen molar-refractivity contribution in [1.29, 1.82) is 0 Å². The SMILES string of the molecule is Cn1c(=O)n(C)c2cc(NC(=O)CN3CCC[C@@H]3Cc3c(C(=O)O)sc4ccccc34)ccc21. The van der Waals surface area contributed by atoms with E-state index in [1.54, 1.807) is 29.3 Å². The summed E-state index contributed by atoms with van der Waals surface area (Å²) < 4.78 is 4.12. The highest BCUT2D eigenvalue weighted by Crippen LogP contribution is 2.34. The van der Waals surface area contributed by atoms with Gasteiger partial charge in [-0.15, -0.1) is 11.3 Å². The molecular weight excluding hydrogens is 452 g/mol. The monoisotopic (exact) mass is 478 g/mol. The van der Waals surface area contributed by atoms with Crippen molar-refractivity contribution in [2.24, 2.45) is 14.1 Å². The van der Waals surface area contributed by atoms with E-state index in [4.69, 9.17) is 0 Å². The van der Waals surface area contributed by atoms with Crippen LogP contribution in [0.25, 0.3) is 21.1 Å². The number of nitrogens with zero attached hydrogens (tertiary/aromatic N) is 3. The van der Waals surface area contributed by atoms with E-state index in [9.17, 15) is 19.5 Å². The number of likely N-dealkylation sites (tertiary alicyclic amines) is 1. The van der Waals surface area contributed by atoms with Crippen molar-refractivity contribution in [2.75, 3.05) is 18.4 Å². The number of anilines is 1. The number of amides is 1. The maximum atomic E-state index is 12.9. The lowest BCUT2D eigenvalue weighted by molar-refractivity contribution is -0.117. The fourth-order valence-electron chi connectivity index (χ4n) is 5.01. The molecule has 3 heterocycles. The Morgan fingerprint density at radius 2 is 1.88 bits per heavy atom. The Balaban J connectivity index is 1.32. The fourth-order valence-corrected chi connectivity index (χ4v) is 6.09. The third kappa shape index (κ3) is 3.91. The lowest BCUT2D eigenvalue weighted by atomic mass is 10.0. The largest absolute Gasteiger partial charge is 0.477 e. The Kier molecular flexibility index (Phi) is 5.75. The molecule has 2 aromatic carbocycles. The number of carboxylic acids is 1. The maximum Gasteiger partial charge on any atom is 0.346 e. The van der Waals surface area contributed by atoms with Crippen LogP contribution in [-0.4, -0.2) is 50.1 Å². The molecule has 0 unspecified atom stereocenters. The van der Waals surface area contributed by atoms with Crippen molar-refractivity contribution in [1.82, 2.24) is 14.0 Å². The van der Waals surface area contributed by atoms with Gasteiger partial charge in [-0.1, -0.05) is 18.2 Å². The molecule has 1 amide bonds. The Morgan fingerprint density at radius 1 is 1.12 bits per heavy atom. The van der Waals surface area contributed by atoms with E-state index in [0.29, 0.717) is 17.0 Å². The summed E-state index contributed by atoms with van der Waals surface area (Å²) in [4.78, 5) is 39.4. The molecule has 5 rings (SSSR count). The molecule has 1 atom stereocenters. The number of carboxylic acid groups (broad SMARTS) is 1. The summed E-state index contributed by atoms with van der Waals surface area (Å²) in [5.74, 6) is -1.02. The molecule has 176 valence electrons. The van der Waals surface area contributed by atoms with Crippen LogP contribution in [0.4, 0.5) is 5.69 Å². The normalized spacial score (nSPS) is 16.5. The molecular formula is C25H26N4O4S. The first kappa shape index (κ1) is 22.4. The van der Waals surface area contributed by atoms with Crippen molar-refractivity contribution >= 4 is 50.0 Å².